The van der Waals surface area contributed by atoms with Crippen LogP contribution in [0.5, 0.6) is 0 Å². The summed E-state index contributed by atoms with van der Waals surface area (Å²) in [4.78, 5) is 16.0. The molecule has 0 saturated carbocycles. The Hall–Kier alpha value is -2.09. The number of benzene rings is 2. The van der Waals surface area contributed by atoms with Crippen molar-refractivity contribution in [2.75, 3.05) is 10.6 Å². The third-order valence-electron chi connectivity index (χ3n) is 3.81. The van der Waals surface area contributed by atoms with Crippen molar-refractivity contribution in [3.63, 3.8) is 0 Å². The molecule has 2 aromatic rings. The van der Waals surface area contributed by atoms with Gasteiger partial charge in [-0.2, -0.15) is 0 Å². The quantitative estimate of drug-likeness (QED) is 0.336. The second-order valence-corrected chi connectivity index (χ2v) is 6.22. The zero-order valence-corrected chi connectivity index (χ0v) is 17.8. The Morgan fingerprint density at radius 2 is 1.46 bits per heavy atom. The number of carbonyl (C=O) groups is 1. The van der Waals surface area contributed by atoms with Crippen molar-refractivity contribution in [2.45, 2.75) is 33.7 Å². The first-order chi connectivity index (χ1) is 12.0. The standard InChI is InChI=1S/C20H26N4O.HI/c1-4-15-5-9-18(10-6-15)24-20(21)22-13-16-7-11-17(12-8-16)23-19(25)14(2)3;/h5-12,14H,4,13H2,1-3H3,(H,23,25)(H3,21,22,24);1H. The molecule has 5 nitrogen and oxygen atoms in total. The number of rotatable bonds is 6. The number of nitrogens with zero attached hydrogens (tertiary/aromatic N) is 1. The third kappa shape index (κ3) is 7.03. The van der Waals surface area contributed by atoms with E-state index in [0.29, 0.717) is 12.5 Å². The second kappa shape index (κ2) is 10.8. The van der Waals surface area contributed by atoms with Gasteiger partial charge in [0.2, 0.25) is 5.91 Å². The number of aryl methyl sites for hydroxylation is 1. The van der Waals surface area contributed by atoms with Crippen molar-refractivity contribution >= 4 is 47.2 Å². The van der Waals surface area contributed by atoms with Crippen molar-refractivity contribution in [3.05, 3.63) is 59.7 Å². The molecule has 26 heavy (non-hydrogen) atoms. The molecule has 140 valence electrons. The van der Waals surface area contributed by atoms with Gasteiger partial charge in [0.25, 0.3) is 0 Å². The van der Waals surface area contributed by atoms with E-state index in [9.17, 15) is 4.79 Å². The molecule has 0 radical (unpaired) electrons. The summed E-state index contributed by atoms with van der Waals surface area (Å²) in [5, 5.41) is 5.95. The number of nitrogens with one attached hydrogen (secondary N) is 2. The highest BCUT2D eigenvalue weighted by Crippen LogP contribution is 2.12. The lowest BCUT2D eigenvalue weighted by atomic mass is 10.1. The predicted octanol–water partition coefficient (Wildman–Crippen LogP) is 4.39. The van der Waals surface area contributed by atoms with Crippen molar-refractivity contribution in [3.8, 4) is 0 Å². The molecule has 0 spiro atoms. The first kappa shape index (κ1) is 22.0. The van der Waals surface area contributed by atoms with Crippen molar-refractivity contribution in [1.29, 1.82) is 0 Å². The van der Waals surface area contributed by atoms with E-state index < -0.39 is 0 Å². The fraction of sp³-hybridized carbons (Fsp3) is 0.300. The SMILES string of the molecule is CCc1ccc(NC(N)=NCc2ccc(NC(=O)C(C)C)cc2)cc1.I. The number of amides is 1. The van der Waals surface area contributed by atoms with Crippen LogP contribution < -0.4 is 16.4 Å². The molecule has 0 aliphatic rings. The zero-order valence-electron chi connectivity index (χ0n) is 15.5. The monoisotopic (exact) mass is 466 g/mol. The summed E-state index contributed by atoms with van der Waals surface area (Å²) in [7, 11) is 0. The number of nitrogens with two attached hydrogens (primary N) is 1. The van der Waals surface area contributed by atoms with E-state index in [-0.39, 0.29) is 35.8 Å². The summed E-state index contributed by atoms with van der Waals surface area (Å²) in [5.74, 6) is 0.344. The first-order valence-electron chi connectivity index (χ1n) is 8.53. The Labute approximate surface area is 172 Å². The Kier molecular flexibility index (Phi) is 9.12. The fourth-order valence-corrected chi connectivity index (χ4v) is 2.17. The molecule has 6 heteroatoms. The highest BCUT2D eigenvalue weighted by molar-refractivity contribution is 14.0. The lowest BCUT2D eigenvalue weighted by Gasteiger charge is -2.08. The normalized spacial score (nSPS) is 11.0. The van der Waals surface area contributed by atoms with Gasteiger partial charge in [0.1, 0.15) is 0 Å². The summed E-state index contributed by atoms with van der Waals surface area (Å²) >= 11 is 0. The largest absolute Gasteiger partial charge is 0.370 e. The van der Waals surface area contributed by atoms with E-state index in [1.54, 1.807) is 0 Å². The van der Waals surface area contributed by atoms with Gasteiger partial charge in [0, 0.05) is 17.3 Å². The number of hydrogen-bond donors (Lipinski definition) is 3. The second-order valence-electron chi connectivity index (χ2n) is 6.22. The molecule has 2 aromatic carbocycles. The average Bonchev–Trinajstić information content (AvgIpc) is 2.61. The molecule has 0 aromatic heterocycles. The Morgan fingerprint density at radius 1 is 0.962 bits per heavy atom. The molecule has 0 heterocycles. The van der Waals surface area contributed by atoms with Crippen molar-refractivity contribution in [2.24, 2.45) is 16.6 Å². The summed E-state index contributed by atoms with van der Waals surface area (Å²) in [6, 6.07) is 15.7. The molecule has 0 unspecified atom stereocenters. The summed E-state index contributed by atoms with van der Waals surface area (Å²) in [6.45, 7) is 6.33. The van der Waals surface area contributed by atoms with Gasteiger partial charge in [-0.15, -0.1) is 24.0 Å². The van der Waals surface area contributed by atoms with Gasteiger partial charge in [-0.3, -0.25) is 4.79 Å². The lowest BCUT2D eigenvalue weighted by molar-refractivity contribution is -0.118. The fourth-order valence-electron chi connectivity index (χ4n) is 2.17. The summed E-state index contributed by atoms with van der Waals surface area (Å²) < 4.78 is 0. The van der Waals surface area contributed by atoms with Crippen LogP contribution in [0.25, 0.3) is 0 Å². The first-order valence-corrected chi connectivity index (χ1v) is 8.53. The topological polar surface area (TPSA) is 79.5 Å². The molecule has 0 fully saturated rings. The number of hydrogen-bond acceptors (Lipinski definition) is 2. The molecule has 0 atom stereocenters. The van der Waals surface area contributed by atoms with Crippen LogP contribution in [0, 0.1) is 5.92 Å². The molecule has 1 amide bonds. The Balaban J connectivity index is 0.00000338. The number of guanidine groups is 1. The van der Waals surface area contributed by atoms with Gasteiger partial charge in [0.05, 0.1) is 6.54 Å². The van der Waals surface area contributed by atoms with E-state index in [0.717, 1.165) is 23.4 Å². The highest BCUT2D eigenvalue weighted by atomic mass is 127. The molecular weight excluding hydrogens is 439 g/mol. The minimum atomic E-state index is -0.0402. The molecule has 0 saturated heterocycles. The van der Waals surface area contributed by atoms with Gasteiger partial charge < -0.3 is 16.4 Å². The molecule has 0 bridgehead atoms. The molecule has 4 N–H and O–H groups in total. The minimum Gasteiger partial charge on any atom is -0.370 e. The van der Waals surface area contributed by atoms with Gasteiger partial charge >= 0.3 is 0 Å². The maximum Gasteiger partial charge on any atom is 0.226 e. The average molecular weight is 466 g/mol. The van der Waals surface area contributed by atoms with Gasteiger partial charge in [-0.1, -0.05) is 45.0 Å². The molecule has 0 aliphatic heterocycles. The van der Waals surface area contributed by atoms with Crippen LogP contribution >= 0.6 is 24.0 Å². The number of aliphatic imine (C=N–C) groups is 1. The summed E-state index contributed by atoms with van der Waals surface area (Å²) in [6.07, 6.45) is 1.01. The molecule has 0 aliphatic carbocycles. The van der Waals surface area contributed by atoms with Crippen LogP contribution in [0.2, 0.25) is 0 Å². The molecule has 2 rings (SSSR count). The van der Waals surface area contributed by atoms with Gasteiger partial charge in [0.15, 0.2) is 5.96 Å². The van der Waals surface area contributed by atoms with E-state index >= 15 is 0 Å². The third-order valence-corrected chi connectivity index (χ3v) is 3.81. The maximum atomic E-state index is 11.7. The minimum absolute atomic E-state index is 0. The van der Waals surface area contributed by atoms with Crippen molar-refractivity contribution < 1.29 is 4.79 Å². The van der Waals surface area contributed by atoms with E-state index in [2.05, 4.69) is 34.7 Å². The van der Waals surface area contributed by atoms with E-state index in [1.807, 2.05) is 50.2 Å². The number of anilines is 2. The van der Waals surface area contributed by atoms with E-state index in [4.69, 9.17) is 5.73 Å². The van der Waals surface area contributed by atoms with Crippen LogP contribution in [0.15, 0.2) is 53.5 Å². The van der Waals surface area contributed by atoms with Crippen LogP contribution in [-0.2, 0) is 17.8 Å². The van der Waals surface area contributed by atoms with Crippen LogP contribution in [-0.4, -0.2) is 11.9 Å². The van der Waals surface area contributed by atoms with E-state index in [1.165, 1.54) is 5.56 Å². The van der Waals surface area contributed by atoms with Crippen LogP contribution in [0.1, 0.15) is 31.9 Å². The van der Waals surface area contributed by atoms with Crippen molar-refractivity contribution in [1.82, 2.24) is 0 Å². The van der Waals surface area contributed by atoms with Gasteiger partial charge in [-0.05, 0) is 41.8 Å². The predicted molar refractivity (Wildman–Crippen MR) is 120 cm³/mol. The highest BCUT2D eigenvalue weighted by Gasteiger charge is 2.06. The Morgan fingerprint density at radius 3 is 1.96 bits per heavy atom. The van der Waals surface area contributed by atoms with Gasteiger partial charge in [-0.25, -0.2) is 4.99 Å². The lowest BCUT2D eigenvalue weighted by Crippen LogP contribution is -2.22. The molecular formula is C20H27IN4O. The zero-order chi connectivity index (χ0) is 18.2. The smallest absolute Gasteiger partial charge is 0.226 e. The maximum absolute atomic E-state index is 11.7. The number of halogens is 1. The summed E-state index contributed by atoms with van der Waals surface area (Å²) in [5.41, 5.74) is 9.95. The van der Waals surface area contributed by atoms with Crippen LogP contribution in [0.3, 0.4) is 0 Å². The van der Waals surface area contributed by atoms with Crippen LogP contribution in [0.4, 0.5) is 11.4 Å². The number of carbonyl (C=O) groups excluding carboxylic acids is 1. The Bertz CT molecular complexity index is 724.